The van der Waals surface area contributed by atoms with Crippen LogP contribution in [0.4, 0.5) is 0 Å². The maximum absolute atomic E-state index is 12.4. The highest BCUT2D eigenvalue weighted by Crippen LogP contribution is 2.41. The van der Waals surface area contributed by atoms with Crippen LogP contribution in [0, 0.1) is 13.8 Å². The topological polar surface area (TPSA) is 72.3 Å². The molecule has 1 saturated heterocycles. The highest BCUT2D eigenvalue weighted by molar-refractivity contribution is 7.80. The number of pyridine rings is 2. The lowest BCUT2D eigenvalue weighted by Crippen LogP contribution is -2.35. The van der Waals surface area contributed by atoms with Crippen LogP contribution in [0.15, 0.2) is 55.0 Å². The van der Waals surface area contributed by atoms with E-state index in [4.69, 9.17) is 17.0 Å². The number of rotatable bonds is 6. The third kappa shape index (κ3) is 4.03. The molecule has 0 radical (unpaired) electrons. The van der Waals surface area contributed by atoms with Crippen molar-refractivity contribution in [2.75, 3.05) is 13.2 Å². The molecule has 8 heteroatoms. The molecule has 31 heavy (non-hydrogen) atoms. The molecule has 160 valence electrons. The number of esters is 1. The molecular weight excluding hydrogens is 410 g/mol. The number of hydrogen-bond donors (Lipinski definition) is 1. The first-order chi connectivity index (χ1) is 15.0. The van der Waals surface area contributed by atoms with E-state index < -0.39 is 0 Å². The van der Waals surface area contributed by atoms with Gasteiger partial charge in [0, 0.05) is 23.8 Å². The van der Waals surface area contributed by atoms with Gasteiger partial charge in [-0.25, -0.2) is 0 Å². The maximum atomic E-state index is 12.4. The standard InChI is InChI=1S/C23H25N5O2S/c1-4-30-20(29)14-27-22(21(26-23(27)31)19-9-5-6-11-25-19)18-12-15(2)28(16(18)3)17-8-7-10-24-13-17/h5-13,21-22H,4,14H2,1-3H3,(H,26,31)/t21-,22-/m1/s1. The number of hydrogen-bond acceptors (Lipinski definition) is 5. The third-order valence-electron chi connectivity index (χ3n) is 5.50. The van der Waals surface area contributed by atoms with Gasteiger partial charge in [0.1, 0.15) is 6.54 Å². The maximum Gasteiger partial charge on any atom is 0.325 e. The van der Waals surface area contributed by atoms with Crippen LogP contribution in [0.3, 0.4) is 0 Å². The monoisotopic (exact) mass is 435 g/mol. The minimum absolute atomic E-state index is 0.0736. The quantitative estimate of drug-likeness (QED) is 0.470. The zero-order chi connectivity index (χ0) is 22.0. The Morgan fingerprint density at radius 2 is 2.06 bits per heavy atom. The summed E-state index contributed by atoms with van der Waals surface area (Å²) in [5, 5.41) is 3.89. The number of thiocarbonyl (C=S) groups is 1. The number of nitrogens with one attached hydrogen (secondary N) is 1. The van der Waals surface area contributed by atoms with Crippen LogP contribution in [0.2, 0.25) is 0 Å². The van der Waals surface area contributed by atoms with E-state index in [-0.39, 0.29) is 24.6 Å². The van der Waals surface area contributed by atoms with Gasteiger partial charge in [-0.2, -0.15) is 0 Å². The second-order valence-corrected chi connectivity index (χ2v) is 7.82. The van der Waals surface area contributed by atoms with E-state index in [0.717, 1.165) is 28.3 Å². The van der Waals surface area contributed by atoms with Crippen molar-refractivity contribution in [3.63, 3.8) is 0 Å². The summed E-state index contributed by atoms with van der Waals surface area (Å²) in [5.74, 6) is -0.306. The Labute approximate surface area is 187 Å². The number of carbonyl (C=O) groups is 1. The molecule has 0 amide bonds. The lowest BCUT2D eigenvalue weighted by atomic mass is 9.97. The molecular formula is C23H25N5O2S. The molecule has 4 heterocycles. The first-order valence-corrected chi connectivity index (χ1v) is 10.6. The third-order valence-corrected chi connectivity index (χ3v) is 5.85. The van der Waals surface area contributed by atoms with Crippen molar-refractivity contribution in [3.05, 3.63) is 77.6 Å². The van der Waals surface area contributed by atoms with Crippen LogP contribution >= 0.6 is 12.2 Å². The molecule has 0 aliphatic carbocycles. The Morgan fingerprint density at radius 1 is 1.23 bits per heavy atom. The lowest BCUT2D eigenvalue weighted by Gasteiger charge is -2.27. The Hall–Kier alpha value is -3.26. The molecule has 0 saturated carbocycles. The Bertz CT molecular complexity index is 1080. The summed E-state index contributed by atoms with van der Waals surface area (Å²) in [4.78, 5) is 23.1. The summed E-state index contributed by atoms with van der Waals surface area (Å²) < 4.78 is 7.38. The molecule has 1 aliphatic heterocycles. The average molecular weight is 436 g/mol. The van der Waals surface area contributed by atoms with Crippen LogP contribution in [0.5, 0.6) is 0 Å². The minimum atomic E-state index is -0.306. The average Bonchev–Trinajstić information content (AvgIpc) is 3.25. The predicted octanol–water partition coefficient (Wildman–Crippen LogP) is 3.42. The summed E-state index contributed by atoms with van der Waals surface area (Å²) in [6.07, 6.45) is 5.37. The summed E-state index contributed by atoms with van der Waals surface area (Å²) in [5.41, 5.74) is 5.08. The largest absolute Gasteiger partial charge is 0.465 e. The zero-order valence-corrected chi connectivity index (χ0v) is 18.6. The van der Waals surface area contributed by atoms with Gasteiger partial charge in [-0.3, -0.25) is 14.8 Å². The molecule has 0 bridgehead atoms. The van der Waals surface area contributed by atoms with E-state index in [1.165, 1.54) is 0 Å². The van der Waals surface area contributed by atoms with E-state index in [0.29, 0.717) is 11.7 Å². The highest BCUT2D eigenvalue weighted by atomic mass is 32.1. The van der Waals surface area contributed by atoms with Crippen molar-refractivity contribution < 1.29 is 9.53 Å². The van der Waals surface area contributed by atoms with Gasteiger partial charge in [0.2, 0.25) is 0 Å². The van der Waals surface area contributed by atoms with Crippen molar-refractivity contribution in [1.29, 1.82) is 0 Å². The van der Waals surface area contributed by atoms with Crippen LogP contribution < -0.4 is 5.32 Å². The molecule has 4 rings (SSSR count). The number of ether oxygens (including phenoxy) is 1. The summed E-state index contributed by atoms with van der Waals surface area (Å²) >= 11 is 5.64. The SMILES string of the molecule is CCOC(=O)CN1C(=S)N[C@H](c2ccccn2)[C@H]1c1cc(C)n(-c2cccnc2)c1C. The number of nitrogens with zero attached hydrogens (tertiary/aromatic N) is 4. The number of carbonyl (C=O) groups excluding carboxylic acids is 1. The van der Waals surface area contributed by atoms with Gasteiger partial charge in [0.05, 0.1) is 36.3 Å². The molecule has 1 aliphatic rings. The molecule has 0 spiro atoms. The van der Waals surface area contributed by atoms with Gasteiger partial charge in [-0.15, -0.1) is 0 Å². The van der Waals surface area contributed by atoms with Gasteiger partial charge in [-0.1, -0.05) is 6.07 Å². The predicted molar refractivity (Wildman–Crippen MR) is 122 cm³/mol. The normalized spacial score (nSPS) is 18.2. The van der Waals surface area contributed by atoms with Crippen molar-refractivity contribution in [2.24, 2.45) is 0 Å². The molecule has 7 nitrogen and oxygen atoms in total. The minimum Gasteiger partial charge on any atom is -0.465 e. The van der Waals surface area contributed by atoms with E-state index >= 15 is 0 Å². The fourth-order valence-electron chi connectivity index (χ4n) is 4.23. The molecule has 3 aromatic heterocycles. The first-order valence-electron chi connectivity index (χ1n) is 10.2. The van der Waals surface area contributed by atoms with E-state index in [1.54, 1.807) is 19.3 Å². The van der Waals surface area contributed by atoms with Crippen molar-refractivity contribution in [2.45, 2.75) is 32.9 Å². The summed E-state index contributed by atoms with van der Waals surface area (Å²) in [7, 11) is 0. The van der Waals surface area contributed by atoms with Gasteiger partial charge in [0.25, 0.3) is 0 Å². The second kappa shape index (κ2) is 8.85. The Balaban J connectivity index is 1.81. The Kier molecular flexibility index (Phi) is 5.99. The molecule has 2 atom stereocenters. The lowest BCUT2D eigenvalue weighted by molar-refractivity contribution is -0.143. The van der Waals surface area contributed by atoms with Crippen LogP contribution in [0.1, 0.15) is 41.7 Å². The van der Waals surface area contributed by atoms with Crippen LogP contribution in [-0.2, 0) is 9.53 Å². The van der Waals surface area contributed by atoms with Crippen LogP contribution in [-0.4, -0.2) is 43.7 Å². The first kappa shape index (κ1) is 21.0. The molecule has 0 aromatic carbocycles. The fraction of sp³-hybridized carbons (Fsp3) is 0.304. The smallest absolute Gasteiger partial charge is 0.325 e. The number of aromatic nitrogens is 3. The molecule has 0 unspecified atom stereocenters. The number of aryl methyl sites for hydroxylation is 1. The highest BCUT2D eigenvalue weighted by Gasteiger charge is 2.42. The van der Waals surface area contributed by atoms with Gasteiger partial charge >= 0.3 is 5.97 Å². The summed E-state index contributed by atoms with van der Waals surface area (Å²) in [6.45, 7) is 6.35. The van der Waals surface area contributed by atoms with Crippen molar-refractivity contribution in [3.8, 4) is 5.69 Å². The van der Waals surface area contributed by atoms with E-state index in [2.05, 4.69) is 39.8 Å². The van der Waals surface area contributed by atoms with E-state index in [1.807, 2.05) is 41.4 Å². The van der Waals surface area contributed by atoms with Crippen molar-refractivity contribution >= 4 is 23.3 Å². The molecule has 1 N–H and O–H groups in total. The van der Waals surface area contributed by atoms with Gasteiger partial charge in [0.15, 0.2) is 5.11 Å². The second-order valence-electron chi connectivity index (χ2n) is 7.43. The van der Waals surface area contributed by atoms with Crippen molar-refractivity contribution in [1.82, 2.24) is 24.8 Å². The van der Waals surface area contributed by atoms with Gasteiger partial charge < -0.3 is 19.5 Å². The van der Waals surface area contributed by atoms with Crippen LogP contribution in [0.25, 0.3) is 5.69 Å². The van der Waals surface area contributed by atoms with Gasteiger partial charge in [-0.05, 0) is 68.9 Å². The molecule has 3 aromatic rings. The Morgan fingerprint density at radius 3 is 2.74 bits per heavy atom. The van der Waals surface area contributed by atoms with E-state index in [9.17, 15) is 4.79 Å². The summed E-state index contributed by atoms with van der Waals surface area (Å²) in [6, 6.07) is 11.5. The zero-order valence-electron chi connectivity index (χ0n) is 17.8. The fourth-order valence-corrected chi connectivity index (χ4v) is 4.54. The molecule has 1 fully saturated rings.